The monoisotopic (exact) mass is 688 g/mol. The van der Waals surface area contributed by atoms with Gasteiger partial charge in [-0.1, -0.05) is 57.6 Å². The summed E-state index contributed by atoms with van der Waals surface area (Å²) in [6.45, 7) is 3.41. The first-order chi connectivity index (χ1) is 24.1. The number of nitrogens with two attached hydrogens (primary N) is 2. The first kappa shape index (κ1) is 35.2. The van der Waals surface area contributed by atoms with Gasteiger partial charge in [0.25, 0.3) is 0 Å². The lowest BCUT2D eigenvalue weighted by Gasteiger charge is -2.55. The van der Waals surface area contributed by atoms with E-state index in [0.29, 0.717) is 30.6 Å². The number of rotatable bonds is 7. The second kappa shape index (κ2) is 14.4. The fourth-order valence-electron chi connectivity index (χ4n) is 10.2. The molecule has 2 aromatic carbocycles. The summed E-state index contributed by atoms with van der Waals surface area (Å²) in [5, 5.41) is 12.3. The third-order valence-corrected chi connectivity index (χ3v) is 13.1. The molecular formula is C40H56N4O6. The molecule has 1 aliphatic heterocycles. The van der Waals surface area contributed by atoms with Crippen LogP contribution < -0.4 is 26.3 Å². The number of ether oxygens (including phenoxy) is 3. The van der Waals surface area contributed by atoms with Crippen molar-refractivity contribution in [2.24, 2.45) is 23.3 Å². The highest BCUT2D eigenvalue weighted by molar-refractivity contribution is 5.71. The van der Waals surface area contributed by atoms with E-state index in [9.17, 15) is 14.7 Å². The molecule has 6 N–H and O–H groups in total. The molecule has 2 aromatic rings. The molecule has 2 amide bonds. The molecular weight excluding hydrogens is 632 g/mol. The summed E-state index contributed by atoms with van der Waals surface area (Å²) in [5.41, 5.74) is 19.4. The van der Waals surface area contributed by atoms with E-state index in [1.54, 1.807) is 7.05 Å². The Hall–Kier alpha value is -3.18. The van der Waals surface area contributed by atoms with Gasteiger partial charge in [-0.15, -0.1) is 0 Å². The molecule has 272 valence electrons. The van der Waals surface area contributed by atoms with Crippen molar-refractivity contribution in [3.63, 3.8) is 0 Å². The molecule has 1 heterocycles. The Kier molecular flexibility index (Phi) is 10.2. The minimum Gasteiger partial charge on any atom is -0.410 e. The van der Waals surface area contributed by atoms with Crippen LogP contribution in [0.15, 0.2) is 36.4 Å². The van der Waals surface area contributed by atoms with Gasteiger partial charge in [0.05, 0.1) is 25.9 Å². The van der Waals surface area contributed by atoms with E-state index in [2.05, 4.69) is 36.5 Å². The molecule has 0 spiro atoms. The van der Waals surface area contributed by atoms with Gasteiger partial charge in [-0.05, 0) is 103 Å². The zero-order valence-electron chi connectivity index (χ0n) is 29.8. The molecule has 50 heavy (non-hydrogen) atoms. The fraction of sp³-hybridized carbons (Fsp3) is 0.650. The number of amides is 2. The quantitative estimate of drug-likeness (QED) is 0.292. The van der Waals surface area contributed by atoms with Crippen molar-refractivity contribution >= 4 is 12.2 Å². The van der Waals surface area contributed by atoms with E-state index in [1.165, 1.54) is 46.4 Å². The summed E-state index contributed by atoms with van der Waals surface area (Å²) in [6.07, 6.45) is 11.9. The Bertz CT molecular complexity index is 1560. The van der Waals surface area contributed by atoms with Crippen LogP contribution in [-0.2, 0) is 22.0 Å². The topological polar surface area (TPSA) is 149 Å². The summed E-state index contributed by atoms with van der Waals surface area (Å²) in [7, 11) is 1.63. The average molecular weight is 689 g/mol. The van der Waals surface area contributed by atoms with Gasteiger partial charge in [-0.2, -0.15) is 0 Å². The molecule has 3 fully saturated rings. The molecule has 1 saturated heterocycles. The van der Waals surface area contributed by atoms with E-state index < -0.39 is 12.2 Å². The van der Waals surface area contributed by atoms with Crippen LogP contribution in [0.25, 0.3) is 0 Å². The van der Waals surface area contributed by atoms with E-state index in [-0.39, 0.29) is 53.9 Å². The second-order valence-corrected chi connectivity index (χ2v) is 16.1. The van der Waals surface area contributed by atoms with Gasteiger partial charge in [0.2, 0.25) is 0 Å². The van der Waals surface area contributed by atoms with Gasteiger partial charge >= 0.3 is 12.2 Å². The van der Waals surface area contributed by atoms with Crippen molar-refractivity contribution in [2.45, 2.75) is 119 Å². The third-order valence-electron chi connectivity index (χ3n) is 13.1. The van der Waals surface area contributed by atoms with Crippen molar-refractivity contribution < 1.29 is 28.9 Å². The molecule has 7 rings (SSSR count). The molecule has 4 bridgehead atoms. The van der Waals surface area contributed by atoms with Gasteiger partial charge in [0.1, 0.15) is 11.5 Å². The van der Waals surface area contributed by atoms with Crippen molar-refractivity contribution in [2.75, 3.05) is 33.4 Å². The van der Waals surface area contributed by atoms with E-state index in [0.717, 1.165) is 57.8 Å². The maximum absolute atomic E-state index is 12.9. The maximum Gasteiger partial charge on any atom is 0.415 e. The normalized spacial score (nSPS) is 32.1. The lowest BCUT2D eigenvalue weighted by atomic mass is 9.50. The first-order valence-corrected chi connectivity index (χ1v) is 19.0. The smallest absolute Gasteiger partial charge is 0.410 e. The molecule has 0 aromatic heterocycles. The number of aliphatic hydroxyl groups excluding tert-OH is 1. The Morgan fingerprint density at radius 2 is 1.66 bits per heavy atom. The molecule has 5 aliphatic rings. The highest BCUT2D eigenvalue weighted by atomic mass is 16.6. The van der Waals surface area contributed by atoms with Crippen molar-refractivity contribution in [1.82, 2.24) is 10.2 Å². The number of hydrogen-bond donors (Lipinski definition) is 4. The highest BCUT2D eigenvalue weighted by Gasteiger charge is 2.54. The predicted octanol–water partition coefficient (Wildman–Crippen LogP) is 5.65. The van der Waals surface area contributed by atoms with Crippen LogP contribution in [0, 0.1) is 11.8 Å². The van der Waals surface area contributed by atoms with Crippen LogP contribution in [0.1, 0.15) is 106 Å². The lowest BCUT2D eigenvalue weighted by Crippen LogP contribution is -2.58. The number of carbonyl (C=O) groups excluding carboxylic acids is 2. The van der Waals surface area contributed by atoms with Crippen molar-refractivity contribution in [3.05, 3.63) is 58.7 Å². The predicted molar refractivity (Wildman–Crippen MR) is 192 cm³/mol. The molecule has 10 nitrogen and oxygen atoms in total. The molecule has 2 saturated carbocycles. The number of hydrogen-bond acceptors (Lipinski definition) is 8. The van der Waals surface area contributed by atoms with Crippen LogP contribution in [0.4, 0.5) is 9.59 Å². The molecule has 4 aliphatic carbocycles. The third kappa shape index (κ3) is 6.53. The SMILES string of the molecule is CN(CCO)C(=O)Oc1ccc2c(c1)[C@@]1(CC3c4ccc(OC(=O)NC5COC5)cc4[C@@]4(C)CCCCC[C@@H]3[C@@H]4N)CCCCC[C@@H](C2)[C@@H]1N. The Balaban J connectivity index is 1.30. The maximum atomic E-state index is 12.9. The van der Waals surface area contributed by atoms with Gasteiger partial charge < -0.3 is 41.0 Å². The van der Waals surface area contributed by atoms with E-state index in [1.807, 2.05) is 12.1 Å². The zero-order chi connectivity index (χ0) is 35.0. The van der Waals surface area contributed by atoms with Gasteiger partial charge in [0, 0.05) is 36.5 Å². The van der Waals surface area contributed by atoms with Crippen LogP contribution in [0.5, 0.6) is 11.5 Å². The number of likely N-dealkylation sites (N-methyl/N-ethyl adjacent to an activating group) is 1. The summed E-state index contributed by atoms with van der Waals surface area (Å²) < 4.78 is 17.0. The van der Waals surface area contributed by atoms with Crippen molar-refractivity contribution in [1.29, 1.82) is 0 Å². The number of fused-ring (bicyclic) bond motifs is 8. The second-order valence-electron chi connectivity index (χ2n) is 16.1. The Morgan fingerprint density at radius 1 is 0.940 bits per heavy atom. The Morgan fingerprint density at radius 3 is 2.42 bits per heavy atom. The lowest BCUT2D eigenvalue weighted by molar-refractivity contribution is -0.00250. The highest BCUT2D eigenvalue weighted by Crippen LogP contribution is 2.58. The van der Waals surface area contributed by atoms with Gasteiger partial charge in [0.15, 0.2) is 0 Å². The molecule has 0 radical (unpaired) electrons. The van der Waals surface area contributed by atoms with Crippen LogP contribution >= 0.6 is 0 Å². The summed E-state index contributed by atoms with van der Waals surface area (Å²) in [5.74, 6) is 1.88. The molecule has 10 heteroatoms. The summed E-state index contributed by atoms with van der Waals surface area (Å²) in [4.78, 5) is 27.1. The van der Waals surface area contributed by atoms with Crippen molar-refractivity contribution in [3.8, 4) is 11.5 Å². The molecule has 1 unspecified atom stereocenters. The van der Waals surface area contributed by atoms with Crippen LogP contribution in [0.2, 0.25) is 0 Å². The minimum atomic E-state index is -0.489. The Labute approximate surface area is 296 Å². The minimum absolute atomic E-state index is 0.0123. The summed E-state index contributed by atoms with van der Waals surface area (Å²) >= 11 is 0. The number of nitrogens with zero attached hydrogens (tertiary/aromatic N) is 1. The van der Waals surface area contributed by atoms with E-state index >= 15 is 0 Å². The fourth-order valence-corrected chi connectivity index (χ4v) is 10.2. The van der Waals surface area contributed by atoms with Gasteiger partial charge in [-0.25, -0.2) is 9.59 Å². The van der Waals surface area contributed by atoms with Crippen LogP contribution in [-0.4, -0.2) is 73.7 Å². The largest absolute Gasteiger partial charge is 0.415 e. The average Bonchev–Trinajstić information content (AvgIpc) is 3.07. The van der Waals surface area contributed by atoms with Crippen LogP contribution in [0.3, 0.4) is 0 Å². The number of aliphatic hydroxyl groups is 1. The number of benzene rings is 2. The number of carbonyl (C=O) groups is 2. The summed E-state index contributed by atoms with van der Waals surface area (Å²) in [6, 6.07) is 12.3. The zero-order valence-corrected chi connectivity index (χ0v) is 29.8. The van der Waals surface area contributed by atoms with E-state index in [4.69, 9.17) is 25.7 Å². The molecule has 7 atom stereocenters. The van der Waals surface area contributed by atoms with Gasteiger partial charge in [-0.3, -0.25) is 0 Å². The standard InChI is InChI=1S/C40H56N4O6/c1-39-15-7-4-6-10-31(36(39)42)32(30-14-13-28(21-34(30)39)49-37(46)43-27-23-48-24-27)22-40-16-8-3-5-9-26(35(40)41)19-25-11-12-29(20-33(25)40)50-38(47)44(2)17-18-45/h11-14,20-21,26-27,31-32,35-36,45H,3-10,15-19,22-24,41-42H2,1-2H3,(H,43,46)/t26-,31-,32?,35-,36-,39+,40-/m0/s1. The first-order valence-electron chi connectivity index (χ1n) is 19.0. The number of nitrogens with one attached hydrogen (secondary N) is 1.